The van der Waals surface area contributed by atoms with Crippen molar-refractivity contribution in [1.82, 2.24) is 0 Å². The maximum absolute atomic E-state index is 6.25. The highest BCUT2D eigenvalue weighted by molar-refractivity contribution is 7.12. The number of rotatable bonds is 2. The van der Waals surface area contributed by atoms with Crippen molar-refractivity contribution in [3.05, 3.63) is 56.2 Å². The smallest absolute Gasteiger partial charge is 0.0648 e. The Morgan fingerprint density at radius 3 is 2.31 bits per heavy atom. The zero-order valence-corrected chi connectivity index (χ0v) is 10.9. The number of thiophene rings is 1. The highest BCUT2D eigenvalue weighted by Crippen LogP contribution is 2.30. The summed E-state index contributed by atoms with van der Waals surface area (Å²) in [5.74, 6) is 0. The lowest BCUT2D eigenvalue weighted by Crippen LogP contribution is -2.10. The zero-order chi connectivity index (χ0) is 11.7. The number of nitrogens with two attached hydrogens (primary N) is 1. The van der Waals surface area contributed by atoms with Crippen LogP contribution < -0.4 is 5.73 Å². The lowest BCUT2D eigenvalue weighted by molar-refractivity contribution is 0.885. The number of aryl methyl sites for hydroxylation is 2. The van der Waals surface area contributed by atoms with Crippen molar-refractivity contribution >= 4 is 22.9 Å². The third kappa shape index (κ3) is 2.29. The molecule has 0 spiro atoms. The number of hydrogen-bond acceptors (Lipinski definition) is 2. The molecule has 2 rings (SSSR count). The van der Waals surface area contributed by atoms with Gasteiger partial charge in [-0.15, -0.1) is 11.3 Å². The van der Waals surface area contributed by atoms with Crippen LogP contribution in [0.5, 0.6) is 0 Å². The standard InChI is InChI=1S/C13H14ClNS/c1-8-7-9(2)16-13(8)12(15)10-3-5-11(14)6-4-10/h3-7,12H,15H2,1-2H3. The van der Waals surface area contributed by atoms with Crippen molar-refractivity contribution in [2.75, 3.05) is 0 Å². The Morgan fingerprint density at radius 2 is 1.81 bits per heavy atom. The van der Waals surface area contributed by atoms with E-state index in [-0.39, 0.29) is 6.04 Å². The quantitative estimate of drug-likeness (QED) is 0.856. The summed E-state index contributed by atoms with van der Waals surface area (Å²) in [6, 6.07) is 9.87. The van der Waals surface area contributed by atoms with Gasteiger partial charge in [0.1, 0.15) is 0 Å². The van der Waals surface area contributed by atoms with Gasteiger partial charge >= 0.3 is 0 Å². The van der Waals surface area contributed by atoms with Crippen molar-refractivity contribution < 1.29 is 0 Å². The van der Waals surface area contributed by atoms with Gasteiger partial charge < -0.3 is 5.73 Å². The molecule has 84 valence electrons. The topological polar surface area (TPSA) is 26.0 Å². The number of hydrogen-bond donors (Lipinski definition) is 1. The molecule has 0 aliphatic heterocycles. The van der Waals surface area contributed by atoms with Crippen LogP contribution in [0.25, 0.3) is 0 Å². The molecule has 16 heavy (non-hydrogen) atoms. The third-order valence-corrected chi connectivity index (χ3v) is 4.08. The monoisotopic (exact) mass is 251 g/mol. The molecule has 1 nitrogen and oxygen atoms in total. The fourth-order valence-electron chi connectivity index (χ4n) is 1.79. The second kappa shape index (κ2) is 4.58. The minimum atomic E-state index is -0.0454. The lowest BCUT2D eigenvalue weighted by Gasteiger charge is -2.11. The molecule has 1 aromatic heterocycles. The lowest BCUT2D eigenvalue weighted by atomic mass is 10.0. The Labute approximate surface area is 105 Å². The Kier molecular flexibility index (Phi) is 3.33. The van der Waals surface area contributed by atoms with Gasteiger partial charge in [0.25, 0.3) is 0 Å². The summed E-state index contributed by atoms with van der Waals surface area (Å²) in [4.78, 5) is 2.54. The van der Waals surface area contributed by atoms with E-state index in [0.717, 1.165) is 10.6 Å². The van der Waals surface area contributed by atoms with Crippen molar-refractivity contribution in [3.8, 4) is 0 Å². The van der Waals surface area contributed by atoms with E-state index in [9.17, 15) is 0 Å². The van der Waals surface area contributed by atoms with E-state index in [0.29, 0.717) is 0 Å². The Morgan fingerprint density at radius 1 is 1.19 bits per heavy atom. The van der Waals surface area contributed by atoms with Crippen LogP contribution in [0.2, 0.25) is 5.02 Å². The van der Waals surface area contributed by atoms with E-state index in [4.69, 9.17) is 17.3 Å². The highest BCUT2D eigenvalue weighted by Gasteiger charge is 2.13. The number of benzene rings is 1. The van der Waals surface area contributed by atoms with E-state index in [1.807, 2.05) is 24.3 Å². The first-order chi connectivity index (χ1) is 7.58. The maximum atomic E-state index is 6.25. The van der Waals surface area contributed by atoms with Crippen LogP contribution in [-0.4, -0.2) is 0 Å². The van der Waals surface area contributed by atoms with Gasteiger partial charge in [-0.2, -0.15) is 0 Å². The van der Waals surface area contributed by atoms with E-state index < -0.39 is 0 Å². The van der Waals surface area contributed by atoms with Crippen molar-refractivity contribution in [2.45, 2.75) is 19.9 Å². The van der Waals surface area contributed by atoms with Gasteiger partial charge in [-0.25, -0.2) is 0 Å². The van der Waals surface area contributed by atoms with Gasteiger partial charge in [-0.05, 0) is 43.2 Å². The minimum Gasteiger partial charge on any atom is -0.320 e. The molecule has 0 saturated carbocycles. The van der Waals surface area contributed by atoms with E-state index in [1.165, 1.54) is 15.3 Å². The van der Waals surface area contributed by atoms with Crippen LogP contribution in [0, 0.1) is 13.8 Å². The van der Waals surface area contributed by atoms with Crippen molar-refractivity contribution in [2.24, 2.45) is 5.73 Å². The first-order valence-corrected chi connectivity index (χ1v) is 6.35. The predicted octanol–water partition coefficient (Wildman–Crippen LogP) is 4.07. The van der Waals surface area contributed by atoms with Gasteiger partial charge in [0, 0.05) is 14.8 Å². The molecule has 0 aliphatic rings. The molecule has 3 heteroatoms. The second-order valence-corrected chi connectivity index (χ2v) is 5.66. The molecule has 1 heterocycles. The van der Waals surface area contributed by atoms with Gasteiger partial charge in [-0.3, -0.25) is 0 Å². The summed E-state index contributed by atoms with van der Waals surface area (Å²) in [7, 11) is 0. The molecule has 2 N–H and O–H groups in total. The molecule has 1 unspecified atom stereocenters. The largest absolute Gasteiger partial charge is 0.320 e. The van der Waals surface area contributed by atoms with Crippen LogP contribution in [0.1, 0.15) is 26.9 Å². The highest BCUT2D eigenvalue weighted by atomic mass is 35.5. The van der Waals surface area contributed by atoms with Crippen molar-refractivity contribution in [1.29, 1.82) is 0 Å². The SMILES string of the molecule is Cc1cc(C)c(C(N)c2ccc(Cl)cc2)s1. The summed E-state index contributed by atoms with van der Waals surface area (Å²) in [5, 5.41) is 0.745. The molecule has 0 amide bonds. The molecule has 0 fully saturated rings. The average molecular weight is 252 g/mol. The molecular weight excluding hydrogens is 238 g/mol. The molecular formula is C13H14ClNS. The molecule has 1 atom stereocenters. The van der Waals surface area contributed by atoms with E-state index in [2.05, 4.69) is 19.9 Å². The molecule has 2 aromatic rings. The number of halogens is 1. The van der Waals surface area contributed by atoms with Crippen LogP contribution in [0.4, 0.5) is 0 Å². The second-order valence-electron chi connectivity index (χ2n) is 3.93. The molecule has 0 radical (unpaired) electrons. The fourth-order valence-corrected chi connectivity index (χ4v) is 2.98. The predicted molar refractivity (Wildman–Crippen MR) is 71.3 cm³/mol. The average Bonchev–Trinajstić information content (AvgIpc) is 2.58. The van der Waals surface area contributed by atoms with Crippen LogP contribution >= 0.6 is 22.9 Å². The van der Waals surface area contributed by atoms with E-state index in [1.54, 1.807) is 11.3 Å². The summed E-state index contributed by atoms with van der Waals surface area (Å²) in [5.41, 5.74) is 8.62. The first-order valence-electron chi connectivity index (χ1n) is 5.16. The van der Waals surface area contributed by atoms with E-state index >= 15 is 0 Å². The third-order valence-electron chi connectivity index (χ3n) is 2.59. The molecule has 1 aromatic carbocycles. The Balaban J connectivity index is 2.35. The maximum Gasteiger partial charge on any atom is 0.0648 e. The summed E-state index contributed by atoms with van der Waals surface area (Å²) < 4.78 is 0. The first kappa shape index (κ1) is 11.6. The Hall–Kier alpha value is -0.830. The van der Waals surface area contributed by atoms with Crippen LogP contribution in [-0.2, 0) is 0 Å². The van der Waals surface area contributed by atoms with Crippen LogP contribution in [0.3, 0.4) is 0 Å². The summed E-state index contributed by atoms with van der Waals surface area (Å²) in [6.07, 6.45) is 0. The molecule has 0 saturated heterocycles. The summed E-state index contributed by atoms with van der Waals surface area (Å²) >= 11 is 7.62. The normalized spacial score (nSPS) is 12.8. The van der Waals surface area contributed by atoms with Gasteiger partial charge in [0.2, 0.25) is 0 Å². The zero-order valence-electron chi connectivity index (χ0n) is 9.33. The van der Waals surface area contributed by atoms with Crippen molar-refractivity contribution in [3.63, 3.8) is 0 Å². The fraction of sp³-hybridized carbons (Fsp3) is 0.231. The van der Waals surface area contributed by atoms with Gasteiger partial charge in [0.05, 0.1) is 6.04 Å². The molecule has 0 bridgehead atoms. The van der Waals surface area contributed by atoms with Gasteiger partial charge in [-0.1, -0.05) is 23.7 Å². The van der Waals surface area contributed by atoms with Gasteiger partial charge in [0.15, 0.2) is 0 Å². The molecule has 0 aliphatic carbocycles. The summed E-state index contributed by atoms with van der Waals surface area (Å²) in [6.45, 7) is 4.21. The van der Waals surface area contributed by atoms with Crippen LogP contribution in [0.15, 0.2) is 30.3 Å². The Bertz CT molecular complexity index is 487. The minimum absolute atomic E-state index is 0.0454.